The summed E-state index contributed by atoms with van der Waals surface area (Å²) in [6.07, 6.45) is 1.02. The zero-order chi connectivity index (χ0) is 15.5. The van der Waals surface area contributed by atoms with Crippen molar-refractivity contribution in [3.8, 4) is 11.3 Å². The van der Waals surface area contributed by atoms with Crippen LogP contribution in [0.25, 0.3) is 11.3 Å². The Morgan fingerprint density at radius 1 is 1.26 bits per heavy atom. The van der Waals surface area contributed by atoms with Crippen LogP contribution in [0.2, 0.25) is 0 Å². The van der Waals surface area contributed by atoms with Crippen LogP contribution in [0.3, 0.4) is 0 Å². The highest BCUT2D eigenvalue weighted by Crippen LogP contribution is 2.24. The van der Waals surface area contributed by atoms with Gasteiger partial charge in [-0.3, -0.25) is 4.79 Å². The molecular formula is C18H23ClN2O2. The third kappa shape index (κ3) is 3.77. The molecule has 124 valence electrons. The van der Waals surface area contributed by atoms with E-state index in [9.17, 15) is 4.79 Å². The van der Waals surface area contributed by atoms with Gasteiger partial charge >= 0.3 is 0 Å². The number of hydrogen-bond acceptors (Lipinski definition) is 3. The first-order valence-corrected chi connectivity index (χ1v) is 7.90. The topological polar surface area (TPSA) is 45.5 Å². The summed E-state index contributed by atoms with van der Waals surface area (Å²) < 4.78 is 5.79. The number of hydrogen-bond donors (Lipinski definition) is 1. The molecule has 1 amide bonds. The lowest BCUT2D eigenvalue weighted by atomic mass is 10.1. The largest absolute Gasteiger partial charge is 0.451 e. The predicted octanol–water partition coefficient (Wildman–Crippen LogP) is 3.36. The van der Waals surface area contributed by atoms with Crippen LogP contribution in [0.4, 0.5) is 0 Å². The molecule has 0 aliphatic carbocycles. The summed E-state index contributed by atoms with van der Waals surface area (Å²) >= 11 is 0. The Balaban J connectivity index is 0.00000192. The standard InChI is InChI=1S/C18H22N2O2.ClH/c1-3-14-4-6-15(7-5-14)16-8-9-17(22-16)18(21)20-11-10-19-12-13(20)2;/h4-9,13,19H,3,10-12H2,1-2H3;1H. The first-order valence-electron chi connectivity index (χ1n) is 7.90. The Bertz CT molecular complexity index is 651. The second-order valence-corrected chi connectivity index (χ2v) is 5.77. The van der Waals surface area contributed by atoms with Crippen molar-refractivity contribution in [2.75, 3.05) is 19.6 Å². The van der Waals surface area contributed by atoms with E-state index in [4.69, 9.17) is 4.42 Å². The quantitative estimate of drug-likeness (QED) is 0.936. The van der Waals surface area contributed by atoms with E-state index in [1.165, 1.54) is 5.56 Å². The van der Waals surface area contributed by atoms with Gasteiger partial charge in [0.25, 0.3) is 5.91 Å². The smallest absolute Gasteiger partial charge is 0.289 e. The molecule has 0 spiro atoms. The maximum absolute atomic E-state index is 12.6. The number of furan rings is 1. The van der Waals surface area contributed by atoms with Crippen LogP contribution in [0.5, 0.6) is 0 Å². The van der Waals surface area contributed by atoms with E-state index < -0.39 is 0 Å². The van der Waals surface area contributed by atoms with Crippen LogP contribution in [0.1, 0.15) is 30.0 Å². The monoisotopic (exact) mass is 334 g/mol. The SMILES string of the molecule is CCc1ccc(-c2ccc(C(=O)N3CCNCC3C)o2)cc1.Cl. The van der Waals surface area contributed by atoms with Crippen molar-refractivity contribution in [1.29, 1.82) is 0 Å². The first kappa shape index (κ1) is 17.6. The second-order valence-electron chi connectivity index (χ2n) is 5.77. The Labute approximate surface area is 143 Å². The Hall–Kier alpha value is -1.78. The number of aryl methyl sites for hydroxylation is 1. The van der Waals surface area contributed by atoms with E-state index in [1.807, 2.05) is 23.1 Å². The van der Waals surface area contributed by atoms with E-state index >= 15 is 0 Å². The number of nitrogens with zero attached hydrogens (tertiary/aromatic N) is 1. The highest BCUT2D eigenvalue weighted by Gasteiger charge is 2.26. The van der Waals surface area contributed by atoms with Gasteiger partial charge in [0.05, 0.1) is 0 Å². The fourth-order valence-electron chi connectivity index (χ4n) is 2.80. The number of carbonyl (C=O) groups is 1. The van der Waals surface area contributed by atoms with Crippen molar-refractivity contribution in [3.63, 3.8) is 0 Å². The van der Waals surface area contributed by atoms with Crippen LogP contribution >= 0.6 is 12.4 Å². The van der Waals surface area contributed by atoms with E-state index in [0.717, 1.165) is 37.4 Å². The number of carbonyl (C=O) groups excluding carboxylic acids is 1. The lowest BCUT2D eigenvalue weighted by Crippen LogP contribution is -2.52. The van der Waals surface area contributed by atoms with Crippen molar-refractivity contribution in [3.05, 3.63) is 47.7 Å². The van der Waals surface area contributed by atoms with Gasteiger partial charge in [0.15, 0.2) is 5.76 Å². The van der Waals surface area contributed by atoms with Gasteiger partial charge in [0.2, 0.25) is 0 Å². The molecule has 2 aromatic rings. The van der Waals surface area contributed by atoms with Gasteiger partial charge in [0, 0.05) is 31.2 Å². The number of halogens is 1. The molecule has 1 aromatic carbocycles. The molecule has 1 aliphatic rings. The number of piperazine rings is 1. The average Bonchev–Trinajstić information content (AvgIpc) is 3.05. The normalized spacial score (nSPS) is 17.7. The fraction of sp³-hybridized carbons (Fsp3) is 0.389. The zero-order valence-corrected chi connectivity index (χ0v) is 14.4. The summed E-state index contributed by atoms with van der Waals surface area (Å²) in [5, 5.41) is 3.29. The molecule has 1 aliphatic heterocycles. The first-order chi connectivity index (χ1) is 10.7. The summed E-state index contributed by atoms with van der Waals surface area (Å²) in [6.45, 7) is 6.58. The highest BCUT2D eigenvalue weighted by atomic mass is 35.5. The third-order valence-electron chi connectivity index (χ3n) is 4.23. The van der Waals surface area contributed by atoms with Crippen LogP contribution in [0.15, 0.2) is 40.8 Å². The van der Waals surface area contributed by atoms with Crippen molar-refractivity contribution >= 4 is 18.3 Å². The van der Waals surface area contributed by atoms with Crippen molar-refractivity contribution < 1.29 is 9.21 Å². The molecule has 2 heterocycles. The van der Waals surface area contributed by atoms with Gasteiger partial charge in [-0.2, -0.15) is 0 Å². The second kappa shape index (κ2) is 7.66. The molecule has 0 radical (unpaired) electrons. The van der Waals surface area contributed by atoms with Crippen LogP contribution in [0, 0.1) is 0 Å². The van der Waals surface area contributed by atoms with E-state index in [1.54, 1.807) is 6.07 Å². The van der Waals surface area contributed by atoms with Crippen molar-refractivity contribution in [2.24, 2.45) is 0 Å². The van der Waals surface area contributed by atoms with Crippen molar-refractivity contribution in [1.82, 2.24) is 10.2 Å². The molecule has 4 nitrogen and oxygen atoms in total. The lowest BCUT2D eigenvalue weighted by molar-refractivity contribution is 0.0624. The number of benzene rings is 1. The van der Waals surface area contributed by atoms with Crippen molar-refractivity contribution in [2.45, 2.75) is 26.3 Å². The minimum Gasteiger partial charge on any atom is -0.451 e. The Morgan fingerprint density at radius 3 is 2.65 bits per heavy atom. The summed E-state index contributed by atoms with van der Waals surface area (Å²) in [5.74, 6) is 1.14. The van der Waals surface area contributed by atoms with Gasteiger partial charge in [-0.25, -0.2) is 0 Å². The summed E-state index contributed by atoms with van der Waals surface area (Å²) in [7, 11) is 0. The minimum atomic E-state index is -0.0228. The molecular weight excluding hydrogens is 312 g/mol. The molecule has 3 rings (SSSR count). The van der Waals surface area contributed by atoms with Gasteiger partial charge in [-0.15, -0.1) is 12.4 Å². The third-order valence-corrected chi connectivity index (χ3v) is 4.23. The molecule has 0 bridgehead atoms. The molecule has 0 saturated carbocycles. The van der Waals surface area contributed by atoms with Gasteiger partial charge in [-0.1, -0.05) is 31.2 Å². The molecule has 5 heteroatoms. The maximum Gasteiger partial charge on any atom is 0.289 e. The minimum absolute atomic E-state index is 0. The zero-order valence-electron chi connectivity index (χ0n) is 13.5. The van der Waals surface area contributed by atoms with E-state index in [-0.39, 0.29) is 24.4 Å². The highest BCUT2D eigenvalue weighted by molar-refractivity contribution is 5.92. The molecule has 1 fully saturated rings. The molecule has 1 saturated heterocycles. The van der Waals surface area contributed by atoms with Gasteiger partial charge in [0.1, 0.15) is 5.76 Å². The van der Waals surface area contributed by atoms with Crippen LogP contribution in [-0.4, -0.2) is 36.5 Å². The molecule has 23 heavy (non-hydrogen) atoms. The Kier molecular flexibility index (Phi) is 5.85. The van der Waals surface area contributed by atoms with E-state index in [0.29, 0.717) is 5.76 Å². The predicted molar refractivity (Wildman–Crippen MR) is 94.1 cm³/mol. The molecule has 1 aromatic heterocycles. The maximum atomic E-state index is 12.6. The molecule has 1 atom stereocenters. The average molecular weight is 335 g/mol. The van der Waals surface area contributed by atoms with Gasteiger partial charge < -0.3 is 14.6 Å². The Morgan fingerprint density at radius 2 is 2.00 bits per heavy atom. The fourth-order valence-corrected chi connectivity index (χ4v) is 2.80. The van der Waals surface area contributed by atoms with Crippen LogP contribution in [-0.2, 0) is 6.42 Å². The van der Waals surface area contributed by atoms with Crippen LogP contribution < -0.4 is 5.32 Å². The molecule has 1 unspecified atom stereocenters. The number of nitrogens with one attached hydrogen (secondary N) is 1. The lowest BCUT2D eigenvalue weighted by Gasteiger charge is -2.33. The summed E-state index contributed by atoms with van der Waals surface area (Å²) in [6, 6.07) is 12.1. The number of rotatable bonds is 3. The van der Waals surface area contributed by atoms with E-state index in [2.05, 4.69) is 31.3 Å². The number of amides is 1. The molecule has 1 N–H and O–H groups in total. The van der Waals surface area contributed by atoms with Gasteiger partial charge in [-0.05, 0) is 31.0 Å². The summed E-state index contributed by atoms with van der Waals surface area (Å²) in [5.41, 5.74) is 2.30. The summed E-state index contributed by atoms with van der Waals surface area (Å²) in [4.78, 5) is 14.4.